The monoisotopic (exact) mass is 341 g/mol. The molecule has 1 amide bonds. The summed E-state index contributed by atoms with van der Waals surface area (Å²) < 4.78 is 0.945. The minimum Gasteiger partial charge on any atom is -0.393 e. The highest BCUT2D eigenvalue weighted by Crippen LogP contribution is 2.38. The molecule has 1 aliphatic heterocycles. The number of carbonyl (C=O) groups excluding carboxylic acids is 1. The largest absolute Gasteiger partial charge is 0.393 e. The van der Waals surface area contributed by atoms with Crippen LogP contribution >= 0.6 is 15.9 Å². The van der Waals surface area contributed by atoms with E-state index in [0.717, 1.165) is 28.0 Å². The van der Waals surface area contributed by atoms with Crippen LogP contribution in [0.2, 0.25) is 0 Å². The topological polar surface area (TPSA) is 64.6 Å². The summed E-state index contributed by atoms with van der Waals surface area (Å²) in [4.78, 5) is 13.9. The van der Waals surface area contributed by atoms with Gasteiger partial charge in [-0.15, -0.1) is 0 Å². The number of nitrogens with one attached hydrogen (secondary N) is 2. The summed E-state index contributed by atoms with van der Waals surface area (Å²) in [6.45, 7) is 2.53. The molecule has 2 rings (SSSR count). The normalized spacial score (nSPS) is 18.6. The van der Waals surface area contributed by atoms with E-state index in [0.29, 0.717) is 6.42 Å². The quantitative estimate of drug-likeness (QED) is 0.764. The predicted molar refractivity (Wildman–Crippen MR) is 84.1 cm³/mol. The molecule has 6 heteroatoms. The van der Waals surface area contributed by atoms with E-state index in [1.807, 2.05) is 19.2 Å². The van der Waals surface area contributed by atoms with Crippen molar-refractivity contribution in [3.8, 4) is 0 Å². The summed E-state index contributed by atoms with van der Waals surface area (Å²) in [6, 6.07) is 3.65. The van der Waals surface area contributed by atoms with Crippen molar-refractivity contribution in [2.24, 2.45) is 0 Å². The van der Waals surface area contributed by atoms with E-state index in [1.165, 1.54) is 0 Å². The van der Waals surface area contributed by atoms with Crippen LogP contribution < -0.4 is 15.5 Å². The molecule has 0 saturated heterocycles. The number of amides is 1. The highest BCUT2D eigenvalue weighted by molar-refractivity contribution is 9.10. The number of hydrogen-bond donors (Lipinski definition) is 3. The molecule has 1 heterocycles. The van der Waals surface area contributed by atoms with E-state index in [9.17, 15) is 9.90 Å². The Morgan fingerprint density at radius 3 is 2.85 bits per heavy atom. The smallest absolute Gasteiger partial charge is 0.246 e. The third-order valence-corrected chi connectivity index (χ3v) is 4.17. The second-order valence-corrected chi connectivity index (χ2v) is 6.02. The molecule has 5 nitrogen and oxygen atoms in total. The average molecular weight is 342 g/mol. The molecule has 2 unspecified atom stereocenters. The maximum Gasteiger partial charge on any atom is 0.246 e. The molecule has 0 bridgehead atoms. The maximum absolute atomic E-state index is 11.8. The fraction of sp³-hybridized carbons (Fsp3) is 0.500. The van der Waals surface area contributed by atoms with E-state index >= 15 is 0 Å². The number of rotatable bonds is 5. The molecular weight excluding hydrogens is 322 g/mol. The lowest BCUT2D eigenvalue weighted by atomic mass is 10.1. The molecule has 1 aromatic rings. The third-order valence-electron chi connectivity index (χ3n) is 3.53. The van der Waals surface area contributed by atoms with Gasteiger partial charge in [0, 0.05) is 29.3 Å². The van der Waals surface area contributed by atoms with Crippen LogP contribution in [-0.4, -0.2) is 37.8 Å². The molecule has 0 fully saturated rings. The van der Waals surface area contributed by atoms with Gasteiger partial charge >= 0.3 is 0 Å². The molecule has 1 aliphatic rings. The number of benzene rings is 1. The van der Waals surface area contributed by atoms with Gasteiger partial charge in [0.15, 0.2) is 0 Å². The van der Waals surface area contributed by atoms with Crippen molar-refractivity contribution >= 4 is 33.2 Å². The lowest BCUT2D eigenvalue weighted by Gasteiger charge is -2.22. The zero-order chi connectivity index (χ0) is 14.9. The highest BCUT2D eigenvalue weighted by Gasteiger charge is 2.30. The number of likely N-dealkylation sites (N-methyl/N-ethyl adjacent to an activating group) is 1. The van der Waals surface area contributed by atoms with Crippen molar-refractivity contribution in [1.82, 2.24) is 5.32 Å². The van der Waals surface area contributed by atoms with Gasteiger partial charge in [0.2, 0.25) is 5.91 Å². The number of aliphatic hydroxyl groups is 1. The van der Waals surface area contributed by atoms with Crippen LogP contribution in [0.3, 0.4) is 0 Å². The highest BCUT2D eigenvalue weighted by atomic mass is 79.9. The first-order valence-corrected chi connectivity index (χ1v) is 7.44. The minimum absolute atomic E-state index is 0.0295. The summed E-state index contributed by atoms with van der Waals surface area (Å²) >= 11 is 3.56. The van der Waals surface area contributed by atoms with Crippen LogP contribution in [0.25, 0.3) is 0 Å². The van der Waals surface area contributed by atoms with Gasteiger partial charge in [-0.1, -0.05) is 0 Å². The third kappa shape index (κ3) is 2.97. The van der Waals surface area contributed by atoms with Gasteiger partial charge in [-0.2, -0.15) is 0 Å². The number of carbonyl (C=O) groups is 1. The molecule has 110 valence electrons. The van der Waals surface area contributed by atoms with E-state index in [4.69, 9.17) is 0 Å². The van der Waals surface area contributed by atoms with Gasteiger partial charge in [-0.3, -0.25) is 4.79 Å². The Morgan fingerprint density at radius 1 is 1.55 bits per heavy atom. The number of halogens is 1. The van der Waals surface area contributed by atoms with E-state index in [1.54, 1.807) is 14.0 Å². The van der Waals surface area contributed by atoms with Crippen LogP contribution in [0.15, 0.2) is 16.6 Å². The Hall–Kier alpha value is -1.11. The van der Waals surface area contributed by atoms with Crippen molar-refractivity contribution in [1.29, 1.82) is 0 Å². The van der Waals surface area contributed by atoms with Crippen molar-refractivity contribution < 1.29 is 9.90 Å². The van der Waals surface area contributed by atoms with E-state index in [-0.39, 0.29) is 18.1 Å². The Morgan fingerprint density at radius 2 is 2.25 bits per heavy atom. The predicted octanol–water partition coefficient (Wildman–Crippen LogP) is 1.87. The zero-order valence-electron chi connectivity index (χ0n) is 11.9. The lowest BCUT2D eigenvalue weighted by Crippen LogP contribution is -2.23. The van der Waals surface area contributed by atoms with E-state index < -0.39 is 0 Å². The lowest BCUT2D eigenvalue weighted by molar-refractivity contribution is -0.117. The number of fused-ring (bicyclic) bond motifs is 1. The van der Waals surface area contributed by atoms with Gasteiger partial charge in [0.05, 0.1) is 11.8 Å². The zero-order valence-corrected chi connectivity index (χ0v) is 13.5. The number of anilines is 2. The first kappa shape index (κ1) is 15.3. The van der Waals surface area contributed by atoms with Crippen molar-refractivity contribution in [3.63, 3.8) is 0 Å². The van der Waals surface area contributed by atoms with Crippen molar-refractivity contribution in [2.45, 2.75) is 25.5 Å². The van der Waals surface area contributed by atoms with Crippen LogP contribution in [0.4, 0.5) is 11.4 Å². The van der Waals surface area contributed by atoms with E-state index in [2.05, 4.69) is 31.5 Å². The fourth-order valence-corrected chi connectivity index (χ4v) is 3.01. The molecular formula is C14H20BrN3O2. The minimum atomic E-state index is -0.320. The molecule has 0 spiro atoms. The Labute approximate surface area is 127 Å². The van der Waals surface area contributed by atoms with Gasteiger partial charge < -0.3 is 20.6 Å². The molecule has 1 aromatic carbocycles. The second kappa shape index (κ2) is 6.11. The molecule has 0 saturated carbocycles. The van der Waals surface area contributed by atoms with Crippen LogP contribution in [0.1, 0.15) is 24.9 Å². The van der Waals surface area contributed by atoms with Gasteiger partial charge in [-0.25, -0.2) is 0 Å². The summed E-state index contributed by atoms with van der Waals surface area (Å²) in [6.07, 6.45) is 0.380. The van der Waals surface area contributed by atoms with Gasteiger partial charge in [0.1, 0.15) is 6.04 Å². The second-order valence-electron chi connectivity index (χ2n) is 5.16. The Kier molecular flexibility index (Phi) is 4.67. The fourth-order valence-electron chi connectivity index (χ4n) is 2.35. The SMILES string of the molecule is CNC1C(=O)Nc2cc(N(C)CCC(C)O)c(Br)cc21. The molecule has 0 aromatic heterocycles. The van der Waals surface area contributed by atoms with Crippen molar-refractivity contribution in [3.05, 3.63) is 22.2 Å². The first-order valence-electron chi connectivity index (χ1n) is 6.64. The Bertz CT molecular complexity index is 519. The van der Waals surface area contributed by atoms with Gasteiger partial charge in [-0.05, 0) is 48.5 Å². The molecule has 2 atom stereocenters. The van der Waals surface area contributed by atoms with Crippen molar-refractivity contribution in [2.75, 3.05) is 30.9 Å². The van der Waals surface area contributed by atoms with Crippen LogP contribution in [0.5, 0.6) is 0 Å². The summed E-state index contributed by atoms with van der Waals surface area (Å²) in [7, 11) is 3.75. The standard InChI is InChI=1S/C14H20BrN3O2/c1-8(19)4-5-18(3)12-7-11-9(6-10(12)15)13(16-2)14(20)17-11/h6-8,13,16,19H,4-5H2,1-3H3,(H,17,20). The summed E-state index contributed by atoms with van der Waals surface area (Å²) in [5, 5.41) is 15.3. The molecule has 0 radical (unpaired) electrons. The van der Waals surface area contributed by atoms with Crippen LogP contribution in [0, 0.1) is 0 Å². The number of nitrogens with zero attached hydrogens (tertiary/aromatic N) is 1. The molecule has 20 heavy (non-hydrogen) atoms. The molecule has 0 aliphatic carbocycles. The summed E-state index contributed by atoms with van der Waals surface area (Å²) in [5.41, 5.74) is 2.80. The average Bonchev–Trinajstić information content (AvgIpc) is 2.69. The van der Waals surface area contributed by atoms with Crippen LogP contribution in [-0.2, 0) is 4.79 Å². The van der Waals surface area contributed by atoms with Gasteiger partial charge in [0.25, 0.3) is 0 Å². The summed E-state index contributed by atoms with van der Waals surface area (Å²) in [5.74, 6) is -0.0295. The molecule has 3 N–H and O–H groups in total. The maximum atomic E-state index is 11.8. The number of hydrogen-bond acceptors (Lipinski definition) is 4. The number of aliphatic hydroxyl groups excluding tert-OH is 1. The Balaban J connectivity index is 2.25. The first-order chi connectivity index (χ1) is 9.43.